The number of hydrogen-bond donors (Lipinski definition) is 3. The third kappa shape index (κ3) is 7.42. The Morgan fingerprint density at radius 3 is 2.53 bits per heavy atom. The third-order valence-corrected chi connectivity index (χ3v) is 5.40. The van der Waals surface area contributed by atoms with Crippen LogP contribution >= 0.6 is 28.1 Å². The van der Waals surface area contributed by atoms with Crippen LogP contribution in [-0.2, 0) is 0 Å². The van der Waals surface area contributed by atoms with E-state index >= 15 is 0 Å². The molecule has 0 aliphatic heterocycles. The molecule has 0 saturated heterocycles. The van der Waals surface area contributed by atoms with Gasteiger partial charge in [0.05, 0.1) is 12.2 Å². The predicted octanol–water partition coefficient (Wildman–Crippen LogP) is 4.67. The summed E-state index contributed by atoms with van der Waals surface area (Å²) in [7, 11) is 0. The van der Waals surface area contributed by atoms with E-state index in [1.54, 1.807) is 30.3 Å². The topological polar surface area (TPSA) is 79.5 Å². The summed E-state index contributed by atoms with van der Waals surface area (Å²) in [4.78, 5) is 24.8. The number of para-hydroxylation sites is 1. The van der Waals surface area contributed by atoms with Crippen LogP contribution in [0.2, 0.25) is 0 Å². The van der Waals surface area contributed by atoms with Gasteiger partial charge in [-0.05, 0) is 55.4 Å². The van der Waals surface area contributed by atoms with Gasteiger partial charge in [0, 0.05) is 10.0 Å². The molecule has 0 aromatic heterocycles. The van der Waals surface area contributed by atoms with Gasteiger partial charge in [-0.1, -0.05) is 60.3 Å². The molecule has 3 N–H and O–H groups in total. The van der Waals surface area contributed by atoms with Crippen LogP contribution < -0.4 is 20.9 Å². The van der Waals surface area contributed by atoms with Gasteiger partial charge >= 0.3 is 0 Å². The minimum Gasteiger partial charge on any atom is -0.493 e. The molecule has 2 amide bonds. The van der Waals surface area contributed by atoms with E-state index in [1.165, 1.54) is 0 Å². The quantitative estimate of drug-likeness (QED) is 0.284. The minimum atomic E-state index is -0.413. The van der Waals surface area contributed by atoms with Crippen molar-refractivity contribution in [2.75, 3.05) is 6.61 Å². The summed E-state index contributed by atoms with van der Waals surface area (Å²) in [6.07, 6.45) is 4.35. The average Bonchev–Trinajstić information content (AvgIpc) is 2.74. The average molecular weight is 492 g/mol. The fourth-order valence-corrected chi connectivity index (χ4v) is 3.14. The molecule has 0 aliphatic carbocycles. The molecule has 6 nitrogen and oxygen atoms in total. The Bertz CT molecular complexity index is 905. The van der Waals surface area contributed by atoms with E-state index in [0.29, 0.717) is 23.5 Å². The van der Waals surface area contributed by atoms with E-state index in [9.17, 15) is 9.59 Å². The fourth-order valence-electron chi connectivity index (χ4n) is 2.61. The third-order valence-electron chi connectivity index (χ3n) is 4.34. The summed E-state index contributed by atoms with van der Waals surface area (Å²) < 4.78 is 6.60. The molecule has 0 aliphatic rings. The Balaban J connectivity index is 1.87. The summed E-state index contributed by atoms with van der Waals surface area (Å²) in [6, 6.07) is 12.2. The lowest BCUT2D eigenvalue weighted by Gasteiger charge is -2.13. The van der Waals surface area contributed by atoms with Gasteiger partial charge in [0.2, 0.25) is 0 Å². The molecule has 30 heavy (non-hydrogen) atoms. The van der Waals surface area contributed by atoms with Gasteiger partial charge < -0.3 is 4.74 Å². The number of carbonyl (C=O) groups excluding carboxylic acids is 2. The first kappa shape index (κ1) is 23.8. The molecule has 0 atom stereocenters. The first-order valence-corrected chi connectivity index (χ1v) is 11.0. The predicted molar refractivity (Wildman–Crippen MR) is 126 cm³/mol. The molecular formula is C22H26BrN3O3S. The van der Waals surface area contributed by atoms with E-state index < -0.39 is 5.91 Å². The van der Waals surface area contributed by atoms with Crippen molar-refractivity contribution in [3.05, 3.63) is 63.6 Å². The molecule has 8 heteroatoms. The monoisotopic (exact) mass is 491 g/mol. The van der Waals surface area contributed by atoms with Crippen molar-refractivity contribution in [1.82, 2.24) is 16.2 Å². The number of carbonyl (C=O) groups is 2. The van der Waals surface area contributed by atoms with Crippen molar-refractivity contribution in [2.24, 2.45) is 0 Å². The van der Waals surface area contributed by atoms with E-state index in [1.807, 2.05) is 19.1 Å². The summed E-state index contributed by atoms with van der Waals surface area (Å²) in [6.45, 7) is 4.64. The lowest BCUT2D eigenvalue weighted by molar-refractivity contribution is 0.0933. The molecular weight excluding hydrogens is 466 g/mol. The van der Waals surface area contributed by atoms with Crippen molar-refractivity contribution in [2.45, 2.75) is 39.5 Å². The molecule has 160 valence electrons. The molecule has 2 aromatic carbocycles. The van der Waals surface area contributed by atoms with Gasteiger partial charge in [-0.3, -0.25) is 25.8 Å². The number of unbranched alkanes of at least 4 members (excludes halogenated alkanes) is 3. The molecule has 0 bridgehead atoms. The molecule has 0 fully saturated rings. The zero-order chi connectivity index (χ0) is 21.9. The number of amides is 2. The largest absolute Gasteiger partial charge is 0.493 e. The van der Waals surface area contributed by atoms with Crippen LogP contribution in [0.3, 0.4) is 0 Å². The molecule has 2 rings (SSSR count). The number of aryl methyl sites for hydroxylation is 1. The number of nitrogens with one attached hydrogen (secondary N) is 3. The van der Waals surface area contributed by atoms with Crippen LogP contribution in [-0.4, -0.2) is 23.5 Å². The van der Waals surface area contributed by atoms with Gasteiger partial charge in [0.1, 0.15) is 5.75 Å². The second-order valence-electron chi connectivity index (χ2n) is 6.73. The van der Waals surface area contributed by atoms with Gasteiger partial charge in [-0.15, -0.1) is 0 Å². The van der Waals surface area contributed by atoms with Crippen LogP contribution in [0.4, 0.5) is 0 Å². The first-order chi connectivity index (χ1) is 14.4. The van der Waals surface area contributed by atoms with Crippen molar-refractivity contribution in [3.8, 4) is 5.75 Å². The lowest BCUT2D eigenvalue weighted by Crippen LogP contribution is -2.48. The molecule has 0 radical (unpaired) electrons. The highest BCUT2D eigenvalue weighted by molar-refractivity contribution is 9.10. The van der Waals surface area contributed by atoms with E-state index in [0.717, 1.165) is 35.7 Å². The zero-order valence-corrected chi connectivity index (χ0v) is 19.5. The Morgan fingerprint density at radius 2 is 1.80 bits per heavy atom. The van der Waals surface area contributed by atoms with Crippen LogP contribution in [0.15, 0.2) is 46.9 Å². The lowest BCUT2D eigenvalue weighted by atomic mass is 10.1. The van der Waals surface area contributed by atoms with Gasteiger partial charge in [-0.2, -0.15) is 0 Å². The number of rotatable bonds is 8. The minimum absolute atomic E-state index is 0.0164. The summed E-state index contributed by atoms with van der Waals surface area (Å²) in [5.74, 6) is -0.282. The number of ether oxygens (including phenoxy) is 1. The molecule has 0 spiro atoms. The normalized spacial score (nSPS) is 10.2. The van der Waals surface area contributed by atoms with Crippen molar-refractivity contribution < 1.29 is 14.3 Å². The van der Waals surface area contributed by atoms with Gasteiger partial charge in [0.15, 0.2) is 5.11 Å². The van der Waals surface area contributed by atoms with E-state index in [-0.39, 0.29) is 11.0 Å². The Labute approximate surface area is 190 Å². The van der Waals surface area contributed by atoms with Crippen molar-refractivity contribution in [1.29, 1.82) is 0 Å². The molecule has 0 unspecified atom stereocenters. The SMILES string of the molecule is CCCCCCOc1ccccc1C(=O)NC(=S)NNC(=O)c1ccc(C)c(Br)c1. The maximum Gasteiger partial charge on any atom is 0.269 e. The highest BCUT2D eigenvalue weighted by atomic mass is 79.9. The molecule has 0 saturated carbocycles. The second kappa shape index (κ2) is 12.3. The summed E-state index contributed by atoms with van der Waals surface area (Å²) in [5, 5.41) is 2.54. The zero-order valence-electron chi connectivity index (χ0n) is 17.1. The number of benzene rings is 2. The summed E-state index contributed by atoms with van der Waals surface area (Å²) >= 11 is 8.51. The van der Waals surface area contributed by atoms with Crippen molar-refractivity contribution >= 4 is 45.1 Å². The highest BCUT2D eigenvalue weighted by Gasteiger charge is 2.14. The number of hydrazine groups is 1. The number of thiocarbonyl (C=S) groups is 1. The summed E-state index contributed by atoms with van der Waals surface area (Å²) in [5.41, 5.74) is 6.88. The maximum absolute atomic E-state index is 12.6. The molecule has 0 heterocycles. The van der Waals surface area contributed by atoms with Crippen molar-refractivity contribution in [3.63, 3.8) is 0 Å². The van der Waals surface area contributed by atoms with Crippen LogP contribution in [0.1, 0.15) is 58.9 Å². The Morgan fingerprint density at radius 1 is 1.03 bits per heavy atom. The van der Waals surface area contributed by atoms with E-state index in [4.69, 9.17) is 17.0 Å². The number of halogens is 1. The Kier molecular flexibility index (Phi) is 9.76. The maximum atomic E-state index is 12.6. The van der Waals surface area contributed by atoms with Crippen LogP contribution in [0, 0.1) is 6.92 Å². The standard InChI is InChI=1S/C22H26BrN3O3S/c1-3-4-5-8-13-29-19-10-7-6-9-17(19)21(28)24-22(30)26-25-20(27)16-12-11-15(2)18(23)14-16/h6-7,9-12,14H,3-5,8,13H2,1-2H3,(H,25,27)(H2,24,26,28,30). The smallest absolute Gasteiger partial charge is 0.269 e. The van der Waals surface area contributed by atoms with Gasteiger partial charge in [-0.25, -0.2) is 0 Å². The van der Waals surface area contributed by atoms with Crippen LogP contribution in [0.5, 0.6) is 5.75 Å². The fraction of sp³-hybridized carbons (Fsp3) is 0.318. The van der Waals surface area contributed by atoms with E-state index in [2.05, 4.69) is 39.0 Å². The van der Waals surface area contributed by atoms with Crippen LogP contribution in [0.25, 0.3) is 0 Å². The highest BCUT2D eigenvalue weighted by Crippen LogP contribution is 2.19. The molecule has 2 aromatic rings. The second-order valence-corrected chi connectivity index (χ2v) is 7.99. The van der Waals surface area contributed by atoms with Gasteiger partial charge in [0.25, 0.3) is 11.8 Å². The first-order valence-electron chi connectivity index (χ1n) is 9.82. The number of hydrogen-bond acceptors (Lipinski definition) is 4. The Hall–Kier alpha value is -2.45.